The highest BCUT2D eigenvalue weighted by Gasteiger charge is 2.77. The molecule has 41 heavy (non-hydrogen) atoms. The Morgan fingerprint density at radius 3 is 2.63 bits per heavy atom. The topological polar surface area (TPSA) is 96.4 Å². The number of amides is 2. The number of hydrogen-bond acceptors (Lipinski definition) is 6. The summed E-state index contributed by atoms with van der Waals surface area (Å²) in [6, 6.07) is 4.24. The molecule has 4 rings (SSSR count). The Hall–Kier alpha value is -2.49. The Kier molecular flexibility index (Phi) is 9.81. The molecule has 0 radical (unpaired) electrons. The average molecular weight is 632 g/mol. The first-order valence-electron chi connectivity index (χ1n) is 14.6. The van der Waals surface area contributed by atoms with Crippen LogP contribution in [0.15, 0.2) is 43.5 Å². The van der Waals surface area contributed by atoms with Crippen LogP contribution in [0.1, 0.15) is 50.7 Å². The normalized spacial score (nSPS) is 29.0. The van der Waals surface area contributed by atoms with Gasteiger partial charge in [0.25, 0.3) is 5.91 Å². The van der Waals surface area contributed by atoms with E-state index in [9.17, 15) is 19.5 Å². The summed E-state index contributed by atoms with van der Waals surface area (Å²) in [4.78, 5) is 45.6. The molecule has 1 N–H and O–H groups in total. The first-order chi connectivity index (χ1) is 19.5. The number of hydrogen-bond donors (Lipinski definition) is 1. The lowest BCUT2D eigenvalue weighted by atomic mass is 9.70. The van der Waals surface area contributed by atoms with Crippen LogP contribution in [0.3, 0.4) is 0 Å². The summed E-state index contributed by atoms with van der Waals surface area (Å²) in [6.07, 6.45) is 5.65. The van der Waals surface area contributed by atoms with Crippen molar-refractivity contribution in [2.45, 2.75) is 82.0 Å². The highest BCUT2D eigenvalue weighted by molar-refractivity contribution is 9.09. The van der Waals surface area contributed by atoms with Crippen LogP contribution in [0, 0.1) is 31.6 Å². The van der Waals surface area contributed by atoms with Crippen LogP contribution in [0.2, 0.25) is 0 Å². The summed E-state index contributed by atoms with van der Waals surface area (Å²) in [5, 5.41) is 10.5. The van der Waals surface area contributed by atoms with Crippen molar-refractivity contribution in [1.29, 1.82) is 0 Å². The van der Waals surface area contributed by atoms with E-state index < -0.39 is 41.6 Å². The molecule has 2 amide bonds. The zero-order valence-corrected chi connectivity index (χ0v) is 26.1. The number of rotatable bonds is 13. The van der Waals surface area contributed by atoms with Crippen LogP contribution in [-0.2, 0) is 23.9 Å². The monoisotopic (exact) mass is 630 g/mol. The van der Waals surface area contributed by atoms with Gasteiger partial charge in [0.1, 0.15) is 11.6 Å². The van der Waals surface area contributed by atoms with Crippen molar-refractivity contribution in [1.82, 2.24) is 4.90 Å². The fourth-order valence-electron chi connectivity index (χ4n) is 6.85. The van der Waals surface area contributed by atoms with Crippen molar-refractivity contribution in [2.24, 2.45) is 17.8 Å². The van der Waals surface area contributed by atoms with E-state index >= 15 is 0 Å². The summed E-state index contributed by atoms with van der Waals surface area (Å²) in [5.74, 6) is -3.00. The number of benzene rings is 1. The Balaban J connectivity index is 1.78. The van der Waals surface area contributed by atoms with Crippen molar-refractivity contribution in [3.8, 4) is 0 Å². The van der Waals surface area contributed by atoms with Gasteiger partial charge in [0.15, 0.2) is 0 Å². The number of carbonyl (C=O) groups excluding carboxylic acids is 3. The third-order valence-electron chi connectivity index (χ3n) is 8.83. The summed E-state index contributed by atoms with van der Waals surface area (Å²) in [5.41, 5.74) is 1.39. The molecule has 3 aliphatic rings. The predicted molar refractivity (Wildman–Crippen MR) is 162 cm³/mol. The van der Waals surface area contributed by atoms with Crippen LogP contribution in [0.5, 0.6) is 0 Å². The molecule has 7 atom stereocenters. The molecular weight excluding hydrogens is 588 g/mol. The van der Waals surface area contributed by atoms with Crippen LogP contribution >= 0.6 is 15.9 Å². The van der Waals surface area contributed by atoms with Crippen molar-refractivity contribution >= 4 is 39.4 Å². The molecule has 0 aromatic heterocycles. The summed E-state index contributed by atoms with van der Waals surface area (Å²) < 4.78 is 12.3. The van der Waals surface area contributed by atoms with Gasteiger partial charge in [-0.3, -0.25) is 14.4 Å². The maximum absolute atomic E-state index is 14.8. The first kappa shape index (κ1) is 31.4. The molecule has 3 heterocycles. The molecule has 1 spiro atoms. The highest BCUT2D eigenvalue weighted by atomic mass is 79.9. The number of carbonyl (C=O) groups is 3. The fraction of sp³-hybridized carbons (Fsp3) is 0.594. The minimum absolute atomic E-state index is 0.143. The van der Waals surface area contributed by atoms with Crippen molar-refractivity contribution in [3.05, 3.63) is 54.6 Å². The number of fused-ring (bicyclic) bond motifs is 1. The third-order valence-corrected chi connectivity index (χ3v) is 9.67. The number of likely N-dealkylation sites (tertiary alicyclic amines) is 1. The maximum atomic E-state index is 14.8. The highest BCUT2D eigenvalue weighted by Crippen LogP contribution is 2.61. The van der Waals surface area contributed by atoms with E-state index in [0.717, 1.165) is 29.7 Å². The molecule has 3 aliphatic heterocycles. The lowest BCUT2D eigenvalue weighted by molar-refractivity contribution is -0.156. The fourth-order valence-corrected chi connectivity index (χ4v) is 7.79. The summed E-state index contributed by atoms with van der Waals surface area (Å²) in [6.45, 7) is 15.5. The third kappa shape index (κ3) is 5.53. The number of aliphatic hydroxyl groups excluding tert-OH is 1. The Morgan fingerprint density at radius 2 is 2.00 bits per heavy atom. The first-order valence-corrected chi connectivity index (χ1v) is 15.5. The average Bonchev–Trinajstić information content (AvgIpc) is 3.52. The van der Waals surface area contributed by atoms with E-state index in [1.807, 2.05) is 52.0 Å². The number of nitrogens with zero attached hydrogens (tertiary/aromatic N) is 2. The van der Waals surface area contributed by atoms with E-state index in [4.69, 9.17) is 9.47 Å². The Labute approximate surface area is 251 Å². The molecule has 3 unspecified atom stereocenters. The molecule has 3 saturated heterocycles. The molecule has 0 saturated carbocycles. The van der Waals surface area contributed by atoms with Crippen LogP contribution < -0.4 is 4.90 Å². The maximum Gasteiger partial charge on any atom is 0.312 e. The minimum Gasteiger partial charge on any atom is -0.465 e. The van der Waals surface area contributed by atoms with Crippen molar-refractivity contribution < 1.29 is 29.0 Å². The minimum atomic E-state index is -1.24. The molecule has 2 bridgehead atoms. The number of esters is 1. The van der Waals surface area contributed by atoms with E-state index in [2.05, 4.69) is 29.1 Å². The number of aryl methyl sites for hydroxylation is 2. The van der Waals surface area contributed by atoms with Gasteiger partial charge in [-0.1, -0.05) is 54.1 Å². The molecule has 9 heteroatoms. The Bertz CT molecular complexity index is 1190. The SMILES string of the molecule is C=CCCCCOC(=O)[C@H]1[C@@H]2OC3(CC2Br)C(C(=O)N(CC=C)c2cc(C)ccc2C)N([C@@H](CO)C(C)C)C(=O)[C@H]13. The van der Waals surface area contributed by atoms with Gasteiger partial charge in [0, 0.05) is 17.1 Å². The standard InChI is InChI=1S/C32H43BrN2O6/c1-7-9-10-11-15-40-31(39)25-26-29(37)35(24(18-36)19(3)4)28(32(26)17-22(33)27(25)41-32)30(38)34(14-8-2)23-16-20(5)12-13-21(23)6/h7-8,12-13,16,19,22,24-28,36H,1-2,9-11,14-15,17-18H2,3-6H3/t22?,24-,25+,26-,27+,28?,32?/m0/s1. The molecule has 0 aliphatic carbocycles. The summed E-state index contributed by atoms with van der Waals surface area (Å²) >= 11 is 3.71. The second-order valence-corrected chi connectivity index (χ2v) is 13.1. The quantitative estimate of drug-likeness (QED) is 0.149. The van der Waals surface area contributed by atoms with Gasteiger partial charge < -0.3 is 24.4 Å². The molecular formula is C32H43BrN2O6. The second-order valence-electron chi connectivity index (χ2n) is 11.9. The van der Waals surface area contributed by atoms with Crippen molar-refractivity contribution in [2.75, 3.05) is 24.7 Å². The van der Waals surface area contributed by atoms with E-state index in [1.165, 1.54) is 4.90 Å². The van der Waals surface area contributed by atoms with Gasteiger partial charge in [-0.05, 0) is 62.6 Å². The second kappa shape index (κ2) is 12.8. The van der Waals surface area contributed by atoms with E-state index in [1.54, 1.807) is 11.0 Å². The van der Waals surface area contributed by atoms with Gasteiger partial charge in [0.2, 0.25) is 5.91 Å². The van der Waals surface area contributed by atoms with Crippen LogP contribution in [-0.4, -0.2) is 76.2 Å². The van der Waals surface area contributed by atoms with Gasteiger partial charge in [-0.15, -0.1) is 13.2 Å². The van der Waals surface area contributed by atoms with Gasteiger partial charge >= 0.3 is 5.97 Å². The zero-order chi connectivity index (χ0) is 30.1. The van der Waals surface area contributed by atoms with Crippen LogP contribution in [0.25, 0.3) is 0 Å². The number of unbranched alkanes of at least 4 members (excludes halogenated alkanes) is 2. The predicted octanol–water partition coefficient (Wildman–Crippen LogP) is 4.49. The van der Waals surface area contributed by atoms with E-state index in [0.29, 0.717) is 12.8 Å². The number of aliphatic hydroxyl groups is 1. The lowest BCUT2D eigenvalue weighted by Gasteiger charge is -2.40. The van der Waals surface area contributed by atoms with Gasteiger partial charge in [-0.25, -0.2) is 0 Å². The molecule has 1 aromatic carbocycles. The molecule has 1 aromatic rings. The largest absolute Gasteiger partial charge is 0.465 e. The van der Waals surface area contributed by atoms with Crippen LogP contribution in [0.4, 0.5) is 5.69 Å². The van der Waals surface area contributed by atoms with Gasteiger partial charge in [-0.2, -0.15) is 0 Å². The van der Waals surface area contributed by atoms with Gasteiger partial charge in [0.05, 0.1) is 37.2 Å². The molecule has 8 nitrogen and oxygen atoms in total. The number of alkyl halides is 1. The number of allylic oxidation sites excluding steroid dienone is 1. The zero-order valence-electron chi connectivity index (χ0n) is 24.6. The molecule has 224 valence electrons. The molecule has 3 fully saturated rings. The smallest absolute Gasteiger partial charge is 0.312 e. The summed E-state index contributed by atoms with van der Waals surface area (Å²) in [7, 11) is 0. The number of halogens is 1. The van der Waals surface area contributed by atoms with Crippen molar-refractivity contribution in [3.63, 3.8) is 0 Å². The lowest BCUT2D eigenvalue weighted by Crippen LogP contribution is -2.60. The Morgan fingerprint density at radius 1 is 1.27 bits per heavy atom. The van der Waals surface area contributed by atoms with E-state index in [-0.39, 0.29) is 42.3 Å². The number of ether oxygens (including phenoxy) is 2. The number of anilines is 1.